The van der Waals surface area contributed by atoms with Crippen LogP contribution in [0, 0.1) is 5.92 Å². The first-order chi connectivity index (χ1) is 9.61. The van der Waals surface area contributed by atoms with Gasteiger partial charge in [-0.1, -0.05) is 0 Å². The molecule has 0 fully saturated rings. The van der Waals surface area contributed by atoms with Crippen LogP contribution in [-0.4, -0.2) is 35.9 Å². The van der Waals surface area contributed by atoms with Gasteiger partial charge in [-0.25, -0.2) is 4.68 Å². The molecule has 20 heavy (non-hydrogen) atoms. The van der Waals surface area contributed by atoms with Gasteiger partial charge in [0.1, 0.15) is 0 Å². The van der Waals surface area contributed by atoms with Crippen molar-refractivity contribution in [2.24, 2.45) is 13.0 Å². The first kappa shape index (κ1) is 14.7. The van der Waals surface area contributed by atoms with Crippen LogP contribution in [0.25, 0.3) is 0 Å². The number of aromatic nitrogens is 2. The second-order valence-corrected chi connectivity index (χ2v) is 5.16. The molecule has 1 heterocycles. The molecule has 2 rings (SSSR count). The summed E-state index contributed by atoms with van der Waals surface area (Å²) >= 11 is 0. The monoisotopic (exact) mass is 279 g/mol. The zero-order valence-electron chi connectivity index (χ0n) is 12.0. The van der Waals surface area contributed by atoms with Crippen molar-refractivity contribution in [3.8, 4) is 0 Å². The van der Waals surface area contributed by atoms with E-state index in [9.17, 15) is 9.59 Å². The van der Waals surface area contributed by atoms with Crippen molar-refractivity contribution in [1.82, 2.24) is 15.1 Å². The zero-order valence-corrected chi connectivity index (χ0v) is 12.0. The van der Waals surface area contributed by atoms with E-state index in [-0.39, 0.29) is 17.4 Å². The maximum atomic E-state index is 12.1. The third-order valence-corrected chi connectivity index (χ3v) is 3.65. The van der Waals surface area contributed by atoms with E-state index in [1.165, 1.54) is 4.68 Å². The van der Waals surface area contributed by atoms with Gasteiger partial charge in [0.15, 0.2) is 0 Å². The summed E-state index contributed by atoms with van der Waals surface area (Å²) in [5, 5.41) is 7.17. The molecule has 0 saturated carbocycles. The smallest absolute Gasteiger partial charge is 0.266 e. The standard InChI is InChI=1S/C14H21N3O3/c1-17-13(18)9-11-8-10(4-5-12(11)16-17)14(19)15-6-3-7-20-2/h9-10H,3-8H2,1-2H3,(H,15,19). The molecule has 1 N–H and O–H groups in total. The molecule has 6 heteroatoms. The maximum Gasteiger partial charge on any atom is 0.266 e. The Bertz CT molecular complexity index is 539. The van der Waals surface area contributed by atoms with Crippen molar-refractivity contribution in [2.75, 3.05) is 20.3 Å². The fourth-order valence-corrected chi connectivity index (χ4v) is 2.48. The highest BCUT2D eigenvalue weighted by Gasteiger charge is 2.25. The molecule has 1 unspecified atom stereocenters. The van der Waals surface area contributed by atoms with Gasteiger partial charge in [-0.3, -0.25) is 9.59 Å². The number of ether oxygens (including phenoxy) is 1. The van der Waals surface area contributed by atoms with Gasteiger partial charge >= 0.3 is 0 Å². The molecule has 1 aliphatic carbocycles. The lowest BCUT2D eigenvalue weighted by molar-refractivity contribution is -0.125. The number of amides is 1. The molecule has 1 aliphatic rings. The third kappa shape index (κ3) is 3.45. The Morgan fingerprint density at radius 2 is 2.40 bits per heavy atom. The van der Waals surface area contributed by atoms with Crippen molar-refractivity contribution in [3.05, 3.63) is 27.7 Å². The fourth-order valence-electron chi connectivity index (χ4n) is 2.48. The first-order valence-corrected chi connectivity index (χ1v) is 6.94. The van der Waals surface area contributed by atoms with Gasteiger partial charge in [0.25, 0.3) is 5.56 Å². The fraction of sp³-hybridized carbons (Fsp3) is 0.643. The van der Waals surface area contributed by atoms with Crippen LogP contribution >= 0.6 is 0 Å². The number of hydrogen-bond donors (Lipinski definition) is 1. The minimum absolute atomic E-state index is 0.0565. The largest absolute Gasteiger partial charge is 0.385 e. The SMILES string of the molecule is COCCCNC(=O)C1CCc2nn(C)c(=O)cc2C1. The molecule has 0 aliphatic heterocycles. The number of methoxy groups -OCH3 is 1. The summed E-state index contributed by atoms with van der Waals surface area (Å²) in [7, 11) is 3.30. The number of carbonyl (C=O) groups is 1. The lowest BCUT2D eigenvalue weighted by Gasteiger charge is -2.23. The predicted octanol–water partition coefficient (Wildman–Crippen LogP) is 0.0379. The highest BCUT2D eigenvalue weighted by Crippen LogP contribution is 2.22. The number of fused-ring (bicyclic) bond motifs is 1. The van der Waals surface area contributed by atoms with Crippen LogP contribution in [0.4, 0.5) is 0 Å². The predicted molar refractivity (Wildman–Crippen MR) is 74.5 cm³/mol. The van der Waals surface area contributed by atoms with Gasteiger partial charge in [0.05, 0.1) is 5.69 Å². The van der Waals surface area contributed by atoms with Gasteiger partial charge in [0, 0.05) is 39.3 Å². The highest BCUT2D eigenvalue weighted by atomic mass is 16.5. The Labute approximate surface area is 118 Å². The van der Waals surface area contributed by atoms with Crippen LogP contribution in [0.15, 0.2) is 10.9 Å². The van der Waals surface area contributed by atoms with E-state index in [1.54, 1.807) is 20.2 Å². The summed E-state index contributed by atoms with van der Waals surface area (Å²) in [4.78, 5) is 23.7. The van der Waals surface area contributed by atoms with Crippen LogP contribution in [0.3, 0.4) is 0 Å². The molecule has 1 amide bonds. The van der Waals surface area contributed by atoms with Crippen molar-refractivity contribution in [3.63, 3.8) is 0 Å². The molecule has 1 aromatic heterocycles. The van der Waals surface area contributed by atoms with Crippen molar-refractivity contribution in [1.29, 1.82) is 0 Å². The second-order valence-electron chi connectivity index (χ2n) is 5.16. The Morgan fingerprint density at radius 1 is 1.60 bits per heavy atom. The van der Waals surface area contributed by atoms with E-state index in [1.807, 2.05) is 0 Å². The second kappa shape index (κ2) is 6.65. The number of aryl methyl sites for hydroxylation is 2. The molecule has 0 spiro atoms. The van der Waals surface area contributed by atoms with E-state index in [2.05, 4.69) is 10.4 Å². The Balaban J connectivity index is 1.95. The molecular formula is C14H21N3O3. The van der Waals surface area contributed by atoms with Crippen molar-refractivity contribution in [2.45, 2.75) is 25.7 Å². The molecule has 0 radical (unpaired) electrons. The minimum Gasteiger partial charge on any atom is -0.385 e. The maximum absolute atomic E-state index is 12.1. The van der Waals surface area contributed by atoms with Gasteiger partial charge in [-0.15, -0.1) is 0 Å². The number of carbonyl (C=O) groups excluding carboxylic acids is 1. The van der Waals surface area contributed by atoms with Crippen LogP contribution in [-0.2, 0) is 29.4 Å². The molecule has 0 bridgehead atoms. The van der Waals surface area contributed by atoms with Gasteiger partial charge in [-0.05, 0) is 31.2 Å². The number of nitrogens with zero attached hydrogens (tertiary/aromatic N) is 2. The van der Waals surface area contributed by atoms with Gasteiger partial charge in [-0.2, -0.15) is 5.10 Å². The Morgan fingerprint density at radius 3 is 3.15 bits per heavy atom. The molecule has 1 aromatic rings. The highest BCUT2D eigenvalue weighted by molar-refractivity contribution is 5.79. The average molecular weight is 279 g/mol. The third-order valence-electron chi connectivity index (χ3n) is 3.65. The van der Waals surface area contributed by atoms with Crippen LogP contribution in [0.2, 0.25) is 0 Å². The summed E-state index contributed by atoms with van der Waals surface area (Å²) < 4.78 is 6.29. The number of rotatable bonds is 5. The van der Waals surface area contributed by atoms with Crippen LogP contribution < -0.4 is 10.9 Å². The summed E-state index contributed by atoms with van der Waals surface area (Å²) in [6.07, 6.45) is 2.95. The quantitative estimate of drug-likeness (QED) is 0.772. The van der Waals surface area contributed by atoms with Gasteiger partial charge < -0.3 is 10.1 Å². The van der Waals surface area contributed by atoms with Crippen LogP contribution in [0.5, 0.6) is 0 Å². The summed E-state index contributed by atoms with van der Waals surface area (Å²) in [5.74, 6) is 0.00591. The first-order valence-electron chi connectivity index (χ1n) is 6.94. The van der Waals surface area contributed by atoms with Crippen LogP contribution in [0.1, 0.15) is 24.1 Å². The minimum atomic E-state index is -0.120. The Kier molecular flexibility index (Phi) is 4.89. The van der Waals surface area contributed by atoms with Crippen molar-refractivity contribution < 1.29 is 9.53 Å². The topological polar surface area (TPSA) is 73.2 Å². The molecule has 0 saturated heterocycles. The zero-order chi connectivity index (χ0) is 14.5. The number of nitrogens with one attached hydrogen (secondary N) is 1. The lowest BCUT2D eigenvalue weighted by atomic mass is 9.86. The Hall–Kier alpha value is -1.69. The molecular weight excluding hydrogens is 258 g/mol. The molecule has 1 atom stereocenters. The van der Waals surface area contributed by atoms with E-state index < -0.39 is 0 Å². The molecule has 6 nitrogen and oxygen atoms in total. The normalized spacial score (nSPS) is 17.6. The molecule has 110 valence electrons. The van der Waals surface area contributed by atoms with Gasteiger partial charge in [0.2, 0.25) is 5.91 Å². The van der Waals surface area contributed by atoms with E-state index in [0.29, 0.717) is 19.6 Å². The molecule has 0 aromatic carbocycles. The van der Waals surface area contributed by atoms with E-state index >= 15 is 0 Å². The summed E-state index contributed by atoms with van der Waals surface area (Å²) in [5.41, 5.74) is 1.73. The summed E-state index contributed by atoms with van der Waals surface area (Å²) in [6.45, 7) is 1.28. The summed E-state index contributed by atoms with van der Waals surface area (Å²) in [6, 6.07) is 1.60. The van der Waals surface area contributed by atoms with E-state index in [4.69, 9.17) is 4.74 Å². The van der Waals surface area contributed by atoms with Crippen molar-refractivity contribution >= 4 is 5.91 Å². The van der Waals surface area contributed by atoms with E-state index in [0.717, 1.165) is 30.5 Å². The average Bonchev–Trinajstić information content (AvgIpc) is 2.44. The number of hydrogen-bond acceptors (Lipinski definition) is 4. The lowest BCUT2D eigenvalue weighted by Crippen LogP contribution is -2.36.